The number of amides is 1. The van der Waals surface area contributed by atoms with Gasteiger partial charge < -0.3 is 20.3 Å². The van der Waals surface area contributed by atoms with E-state index in [2.05, 4.69) is 41.6 Å². The third-order valence-corrected chi connectivity index (χ3v) is 4.40. The largest absolute Gasteiger partial charge is 0.374 e. The van der Waals surface area contributed by atoms with Crippen LogP contribution in [-0.2, 0) is 9.53 Å². The predicted octanol–water partition coefficient (Wildman–Crippen LogP) is 1.48. The van der Waals surface area contributed by atoms with Crippen LogP contribution in [-0.4, -0.2) is 56.2 Å². The van der Waals surface area contributed by atoms with Gasteiger partial charge in [0, 0.05) is 19.6 Å². The molecule has 1 amide bonds. The van der Waals surface area contributed by atoms with Crippen LogP contribution in [0.25, 0.3) is 0 Å². The van der Waals surface area contributed by atoms with Gasteiger partial charge in [-0.3, -0.25) is 4.79 Å². The molecule has 1 aromatic rings. The van der Waals surface area contributed by atoms with E-state index < -0.39 is 0 Å². The normalized spacial score (nSPS) is 21.7. The summed E-state index contributed by atoms with van der Waals surface area (Å²) in [6.07, 6.45) is 0.151. The van der Waals surface area contributed by atoms with Gasteiger partial charge in [0.2, 0.25) is 5.91 Å². The van der Waals surface area contributed by atoms with Gasteiger partial charge in [-0.1, -0.05) is 24.3 Å². The first-order chi connectivity index (χ1) is 11.0. The molecule has 3 atom stereocenters. The molecule has 128 valence electrons. The Kier molecular flexibility index (Phi) is 6.57. The molecule has 5 heteroatoms. The molecule has 0 spiro atoms. The molecular weight excluding hydrogens is 290 g/mol. The highest BCUT2D eigenvalue weighted by Crippen LogP contribution is 2.16. The van der Waals surface area contributed by atoms with Gasteiger partial charge in [0.1, 0.15) is 0 Å². The Morgan fingerprint density at radius 3 is 2.83 bits per heavy atom. The number of likely N-dealkylation sites (N-methyl/N-ethyl adjacent to an activating group) is 1. The van der Waals surface area contributed by atoms with Crippen molar-refractivity contribution in [2.24, 2.45) is 0 Å². The van der Waals surface area contributed by atoms with E-state index in [9.17, 15) is 4.79 Å². The van der Waals surface area contributed by atoms with E-state index in [1.54, 1.807) is 0 Å². The van der Waals surface area contributed by atoms with Crippen LogP contribution in [0, 0.1) is 6.92 Å². The van der Waals surface area contributed by atoms with Gasteiger partial charge in [-0.05, 0) is 38.9 Å². The lowest BCUT2D eigenvalue weighted by Crippen LogP contribution is -2.49. The molecule has 1 fully saturated rings. The van der Waals surface area contributed by atoms with Gasteiger partial charge in [0.25, 0.3) is 0 Å². The van der Waals surface area contributed by atoms with Gasteiger partial charge >= 0.3 is 0 Å². The SMILES string of the molecule is Cc1ccccc1[C@H](C)NC(=O)[C@H](C)NC[C@H]1CN(C)CCO1. The van der Waals surface area contributed by atoms with E-state index in [4.69, 9.17) is 4.74 Å². The number of carbonyl (C=O) groups is 1. The van der Waals surface area contributed by atoms with Crippen LogP contribution in [0.5, 0.6) is 0 Å². The highest BCUT2D eigenvalue weighted by Gasteiger charge is 2.21. The Balaban J connectivity index is 1.79. The summed E-state index contributed by atoms with van der Waals surface area (Å²) < 4.78 is 5.71. The standard InChI is InChI=1S/C18H29N3O2/c1-13-7-5-6-8-17(13)14(2)20-18(22)15(3)19-11-16-12-21(4)9-10-23-16/h5-8,14-16,19H,9-12H2,1-4H3,(H,20,22)/t14-,15-,16-/m0/s1. The van der Waals surface area contributed by atoms with E-state index in [0.29, 0.717) is 6.54 Å². The monoisotopic (exact) mass is 319 g/mol. The maximum Gasteiger partial charge on any atom is 0.237 e. The molecule has 5 nitrogen and oxygen atoms in total. The van der Waals surface area contributed by atoms with Crippen LogP contribution < -0.4 is 10.6 Å². The summed E-state index contributed by atoms with van der Waals surface area (Å²) in [6.45, 7) is 9.31. The fraction of sp³-hybridized carbons (Fsp3) is 0.611. The number of nitrogens with zero attached hydrogens (tertiary/aromatic N) is 1. The fourth-order valence-electron chi connectivity index (χ4n) is 2.88. The second-order valence-electron chi connectivity index (χ2n) is 6.47. The average molecular weight is 319 g/mol. The number of aryl methyl sites for hydroxylation is 1. The third kappa shape index (κ3) is 5.30. The molecule has 1 aliphatic rings. The Bertz CT molecular complexity index is 521. The lowest BCUT2D eigenvalue weighted by atomic mass is 10.0. The minimum absolute atomic E-state index is 0.00464. The van der Waals surface area contributed by atoms with Crippen LogP contribution in [0.2, 0.25) is 0 Å². The molecule has 1 heterocycles. The molecule has 23 heavy (non-hydrogen) atoms. The van der Waals surface area contributed by atoms with Gasteiger partial charge in [-0.15, -0.1) is 0 Å². The molecule has 1 saturated heterocycles. The molecule has 2 N–H and O–H groups in total. The zero-order valence-electron chi connectivity index (χ0n) is 14.6. The summed E-state index contributed by atoms with van der Waals surface area (Å²) in [5, 5.41) is 6.36. The number of hydrogen-bond donors (Lipinski definition) is 2. The lowest BCUT2D eigenvalue weighted by molar-refractivity contribution is -0.123. The van der Waals surface area contributed by atoms with Gasteiger partial charge in [0.15, 0.2) is 0 Å². The maximum absolute atomic E-state index is 12.4. The molecule has 0 bridgehead atoms. The molecule has 0 unspecified atom stereocenters. The van der Waals surface area contributed by atoms with Crippen molar-refractivity contribution >= 4 is 5.91 Å². The molecule has 0 aromatic heterocycles. The summed E-state index contributed by atoms with van der Waals surface area (Å²) in [5.74, 6) is 0.0184. The fourth-order valence-corrected chi connectivity index (χ4v) is 2.88. The Hall–Kier alpha value is -1.43. The Morgan fingerprint density at radius 1 is 1.39 bits per heavy atom. The summed E-state index contributed by atoms with van der Waals surface area (Å²) in [7, 11) is 2.09. The van der Waals surface area contributed by atoms with Crippen molar-refractivity contribution < 1.29 is 9.53 Å². The molecular formula is C18H29N3O2. The van der Waals surface area contributed by atoms with Crippen molar-refractivity contribution in [3.05, 3.63) is 35.4 Å². The minimum atomic E-state index is -0.239. The molecule has 0 radical (unpaired) electrons. The van der Waals surface area contributed by atoms with Crippen LogP contribution in [0.3, 0.4) is 0 Å². The van der Waals surface area contributed by atoms with Crippen molar-refractivity contribution in [3.8, 4) is 0 Å². The van der Waals surface area contributed by atoms with E-state index in [1.807, 2.05) is 26.0 Å². The summed E-state index contributed by atoms with van der Waals surface area (Å²) in [6, 6.07) is 7.91. The summed E-state index contributed by atoms with van der Waals surface area (Å²) in [5.41, 5.74) is 2.35. The number of morpholine rings is 1. The van der Waals surface area contributed by atoms with E-state index in [1.165, 1.54) is 5.56 Å². The number of carbonyl (C=O) groups excluding carboxylic acids is 1. The van der Waals surface area contributed by atoms with Gasteiger partial charge in [0.05, 0.1) is 24.8 Å². The van der Waals surface area contributed by atoms with Crippen molar-refractivity contribution in [1.29, 1.82) is 0 Å². The highest BCUT2D eigenvalue weighted by atomic mass is 16.5. The molecule has 1 aromatic carbocycles. The van der Waals surface area contributed by atoms with Crippen LogP contribution in [0.15, 0.2) is 24.3 Å². The first-order valence-corrected chi connectivity index (χ1v) is 8.36. The zero-order valence-corrected chi connectivity index (χ0v) is 14.6. The summed E-state index contributed by atoms with van der Waals surface area (Å²) in [4.78, 5) is 14.6. The van der Waals surface area contributed by atoms with Crippen molar-refractivity contribution in [1.82, 2.24) is 15.5 Å². The van der Waals surface area contributed by atoms with Crippen molar-refractivity contribution in [3.63, 3.8) is 0 Å². The number of benzene rings is 1. The first kappa shape index (κ1) is 17.9. The van der Waals surface area contributed by atoms with Crippen LogP contribution >= 0.6 is 0 Å². The van der Waals surface area contributed by atoms with Gasteiger partial charge in [-0.25, -0.2) is 0 Å². The smallest absolute Gasteiger partial charge is 0.237 e. The molecule has 2 rings (SSSR count). The maximum atomic E-state index is 12.4. The average Bonchev–Trinajstić information content (AvgIpc) is 2.53. The topological polar surface area (TPSA) is 53.6 Å². The van der Waals surface area contributed by atoms with E-state index in [-0.39, 0.29) is 24.1 Å². The molecule has 0 saturated carbocycles. The quantitative estimate of drug-likeness (QED) is 0.834. The van der Waals surface area contributed by atoms with E-state index in [0.717, 1.165) is 25.3 Å². The van der Waals surface area contributed by atoms with Crippen LogP contribution in [0.4, 0.5) is 0 Å². The third-order valence-electron chi connectivity index (χ3n) is 4.40. The Morgan fingerprint density at radius 2 is 2.13 bits per heavy atom. The first-order valence-electron chi connectivity index (χ1n) is 8.36. The zero-order chi connectivity index (χ0) is 16.8. The highest BCUT2D eigenvalue weighted by molar-refractivity contribution is 5.81. The summed E-state index contributed by atoms with van der Waals surface area (Å²) >= 11 is 0. The van der Waals surface area contributed by atoms with Gasteiger partial charge in [-0.2, -0.15) is 0 Å². The lowest BCUT2D eigenvalue weighted by Gasteiger charge is -2.31. The molecule has 0 aliphatic carbocycles. The Labute approximate surface area is 139 Å². The van der Waals surface area contributed by atoms with Crippen molar-refractivity contribution in [2.75, 3.05) is 33.3 Å². The number of nitrogens with one attached hydrogen (secondary N) is 2. The molecule has 1 aliphatic heterocycles. The number of rotatable bonds is 6. The predicted molar refractivity (Wildman–Crippen MR) is 92.4 cm³/mol. The van der Waals surface area contributed by atoms with E-state index >= 15 is 0 Å². The number of hydrogen-bond acceptors (Lipinski definition) is 4. The number of ether oxygens (including phenoxy) is 1. The second-order valence-corrected chi connectivity index (χ2v) is 6.47. The van der Waals surface area contributed by atoms with Crippen LogP contribution in [0.1, 0.15) is 31.0 Å². The van der Waals surface area contributed by atoms with Crippen molar-refractivity contribution in [2.45, 2.75) is 39.0 Å². The minimum Gasteiger partial charge on any atom is -0.374 e. The second kappa shape index (κ2) is 8.43.